The van der Waals surface area contributed by atoms with Crippen LogP contribution in [-0.2, 0) is 4.74 Å². The van der Waals surface area contributed by atoms with Crippen LogP contribution in [0, 0.1) is 6.92 Å². The highest BCUT2D eigenvalue weighted by atomic mass is 16.6. The van der Waals surface area contributed by atoms with Gasteiger partial charge in [0, 0.05) is 31.3 Å². The maximum atomic E-state index is 11.7. The normalized spacial score (nSPS) is 15.0. The second-order valence-electron chi connectivity index (χ2n) is 5.84. The number of nitrogens with zero attached hydrogens (tertiary/aromatic N) is 4. The molecular weight excluding hydrogens is 324 g/mol. The van der Waals surface area contributed by atoms with Gasteiger partial charge < -0.3 is 24.8 Å². The number of carbonyl (C=O) groups excluding carboxylic acids is 1. The zero-order chi connectivity index (χ0) is 17.6. The zero-order valence-electron chi connectivity index (χ0n) is 14.4. The second kappa shape index (κ2) is 7.82. The van der Waals surface area contributed by atoms with Crippen molar-refractivity contribution >= 4 is 23.5 Å². The third-order valence-electron chi connectivity index (χ3n) is 3.92. The topological polar surface area (TPSA) is 105 Å². The van der Waals surface area contributed by atoms with E-state index in [0.717, 1.165) is 24.4 Å². The second-order valence-corrected chi connectivity index (χ2v) is 5.84. The van der Waals surface area contributed by atoms with E-state index in [1.807, 2.05) is 19.9 Å². The Labute approximate surface area is 145 Å². The molecule has 1 fully saturated rings. The molecule has 0 saturated carbocycles. The zero-order valence-corrected chi connectivity index (χ0v) is 14.4. The summed E-state index contributed by atoms with van der Waals surface area (Å²) in [4.78, 5) is 21.9. The number of carbonyl (C=O) groups is 1. The Hall–Kier alpha value is -2.84. The molecule has 0 bridgehead atoms. The number of aryl methyl sites for hydroxylation is 1. The number of rotatable bonds is 5. The predicted octanol–water partition coefficient (Wildman–Crippen LogP) is 2.55. The molecule has 1 saturated heterocycles. The molecule has 0 aliphatic carbocycles. The van der Waals surface area contributed by atoms with Crippen LogP contribution in [0.15, 0.2) is 23.0 Å². The first-order valence-corrected chi connectivity index (χ1v) is 8.34. The van der Waals surface area contributed by atoms with Gasteiger partial charge in [0.2, 0.25) is 0 Å². The molecule has 134 valence electrons. The molecule has 1 amide bonds. The summed E-state index contributed by atoms with van der Waals surface area (Å²) in [5.41, 5.74) is 0. The molecule has 0 aromatic carbocycles. The molecule has 25 heavy (non-hydrogen) atoms. The first-order valence-electron chi connectivity index (χ1n) is 8.34. The maximum absolute atomic E-state index is 11.7. The van der Waals surface area contributed by atoms with Crippen LogP contribution in [0.4, 0.5) is 22.2 Å². The minimum absolute atomic E-state index is 0.239. The van der Waals surface area contributed by atoms with Crippen molar-refractivity contribution < 1.29 is 14.1 Å². The number of aromatic nitrogens is 3. The van der Waals surface area contributed by atoms with Crippen LogP contribution >= 0.6 is 0 Å². The summed E-state index contributed by atoms with van der Waals surface area (Å²) in [6.45, 7) is 5.38. The summed E-state index contributed by atoms with van der Waals surface area (Å²) in [7, 11) is 0. The van der Waals surface area contributed by atoms with Gasteiger partial charge >= 0.3 is 6.09 Å². The van der Waals surface area contributed by atoms with E-state index in [1.165, 1.54) is 6.33 Å². The van der Waals surface area contributed by atoms with E-state index in [0.29, 0.717) is 31.3 Å². The monoisotopic (exact) mass is 346 g/mol. The summed E-state index contributed by atoms with van der Waals surface area (Å²) in [6.07, 6.45) is 2.94. The van der Waals surface area contributed by atoms with Crippen molar-refractivity contribution in [2.24, 2.45) is 0 Å². The van der Waals surface area contributed by atoms with Crippen LogP contribution in [0.2, 0.25) is 0 Å². The van der Waals surface area contributed by atoms with Crippen LogP contribution < -0.4 is 10.6 Å². The van der Waals surface area contributed by atoms with Gasteiger partial charge in [-0.05, 0) is 26.7 Å². The van der Waals surface area contributed by atoms with Crippen molar-refractivity contribution in [1.29, 1.82) is 0 Å². The fourth-order valence-electron chi connectivity index (χ4n) is 2.69. The Bertz CT molecular complexity index is 711. The Morgan fingerprint density at radius 2 is 2.04 bits per heavy atom. The number of likely N-dealkylation sites (tertiary alicyclic amines) is 1. The highest BCUT2D eigenvalue weighted by Crippen LogP contribution is 2.19. The summed E-state index contributed by atoms with van der Waals surface area (Å²) < 4.78 is 10.1. The quantitative estimate of drug-likeness (QED) is 0.851. The van der Waals surface area contributed by atoms with Crippen LogP contribution in [0.1, 0.15) is 25.5 Å². The van der Waals surface area contributed by atoms with Crippen molar-refractivity contribution in [3.05, 3.63) is 24.2 Å². The van der Waals surface area contributed by atoms with E-state index in [9.17, 15) is 4.79 Å². The molecule has 2 N–H and O–H groups in total. The van der Waals surface area contributed by atoms with Gasteiger partial charge in [-0.3, -0.25) is 0 Å². The van der Waals surface area contributed by atoms with E-state index < -0.39 is 0 Å². The minimum atomic E-state index is -0.239. The molecule has 2 aromatic heterocycles. The summed E-state index contributed by atoms with van der Waals surface area (Å²) in [5.74, 6) is 2.69. The van der Waals surface area contributed by atoms with Gasteiger partial charge in [-0.15, -0.1) is 0 Å². The number of ether oxygens (including phenoxy) is 1. The Morgan fingerprint density at radius 1 is 1.28 bits per heavy atom. The van der Waals surface area contributed by atoms with Gasteiger partial charge in [-0.25, -0.2) is 14.8 Å². The van der Waals surface area contributed by atoms with E-state index >= 15 is 0 Å². The summed E-state index contributed by atoms with van der Waals surface area (Å²) in [6, 6.07) is 3.87. The molecule has 9 nitrogen and oxygen atoms in total. The van der Waals surface area contributed by atoms with E-state index in [2.05, 4.69) is 25.8 Å². The van der Waals surface area contributed by atoms with Crippen LogP contribution in [0.5, 0.6) is 0 Å². The van der Waals surface area contributed by atoms with Crippen LogP contribution in [-0.4, -0.2) is 51.9 Å². The first-order chi connectivity index (χ1) is 12.1. The number of anilines is 3. The van der Waals surface area contributed by atoms with Crippen LogP contribution in [0.3, 0.4) is 0 Å². The van der Waals surface area contributed by atoms with Crippen molar-refractivity contribution in [3.63, 3.8) is 0 Å². The number of hydrogen-bond acceptors (Lipinski definition) is 8. The molecule has 1 aliphatic rings. The maximum Gasteiger partial charge on any atom is 0.409 e. The highest BCUT2D eigenvalue weighted by Gasteiger charge is 2.23. The fourth-order valence-corrected chi connectivity index (χ4v) is 2.69. The fraction of sp³-hybridized carbons (Fsp3) is 0.500. The lowest BCUT2D eigenvalue weighted by Gasteiger charge is -2.31. The number of nitrogens with one attached hydrogen (secondary N) is 2. The largest absolute Gasteiger partial charge is 0.450 e. The first kappa shape index (κ1) is 17.0. The Balaban J connectivity index is 1.53. The smallest absolute Gasteiger partial charge is 0.409 e. The molecule has 1 aliphatic heterocycles. The molecule has 0 atom stereocenters. The molecular formula is C16H22N6O3. The lowest BCUT2D eigenvalue weighted by molar-refractivity contribution is 0.0983. The predicted molar refractivity (Wildman–Crippen MR) is 91.8 cm³/mol. The lowest BCUT2D eigenvalue weighted by atomic mass is 10.1. The summed E-state index contributed by atoms with van der Waals surface area (Å²) in [5, 5.41) is 10.3. The van der Waals surface area contributed by atoms with Crippen molar-refractivity contribution in [3.8, 4) is 0 Å². The molecule has 2 aromatic rings. The van der Waals surface area contributed by atoms with Crippen LogP contribution in [0.25, 0.3) is 0 Å². The average Bonchev–Trinajstić information content (AvgIpc) is 3.01. The number of amides is 1. The Kier molecular flexibility index (Phi) is 5.32. The molecule has 9 heteroatoms. The van der Waals surface area contributed by atoms with Crippen molar-refractivity contribution in [2.45, 2.75) is 32.7 Å². The SMILES string of the molecule is CCOC(=O)N1CCC(Nc2cc(Nc3cc(C)on3)ncn2)CC1. The summed E-state index contributed by atoms with van der Waals surface area (Å²) >= 11 is 0. The average molecular weight is 346 g/mol. The van der Waals surface area contributed by atoms with Crippen molar-refractivity contribution in [1.82, 2.24) is 20.0 Å². The van der Waals surface area contributed by atoms with E-state index in [1.54, 1.807) is 11.0 Å². The van der Waals surface area contributed by atoms with Gasteiger partial charge in [0.1, 0.15) is 23.7 Å². The standard InChI is InChI=1S/C16H22N6O3/c1-3-24-16(23)22-6-4-12(5-7-22)19-13-9-14(18-10-17-13)20-15-8-11(2)25-21-15/h8-10,12H,3-7H2,1-2H3,(H2,17,18,19,20,21). The molecule has 3 rings (SSSR count). The molecule has 0 radical (unpaired) electrons. The molecule has 0 spiro atoms. The molecule has 3 heterocycles. The lowest BCUT2D eigenvalue weighted by Crippen LogP contribution is -2.42. The number of hydrogen-bond donors (Lipinski definition) is 2. The third kappa shape index (κ3) is 4.59. The van der Waals surface area contributed by atoms with Gasteiger partial charge in [-0.2, -0.15) is 0 Å². The molecule has 0 unspecified atom stereocenters. The van der Waals surface area contributed by atoms with Gasteiger partial charge in [0.25, 0.3) is 0 Å². The minimum Gasteiger partial charge on any atom is -0.450 e. The van der Waals surface area contributed by atoms with Gasteiger partial charge in [-0.1, -0.05) is 5.16 Å². The van der Waals surface area contributed by atoms with E-state index in [4.69, 9.17) is 9.26 Å². The highest BCUT2D eigenvalue weighted by molar-refractivity contribution is 5.67. The number of piperidine rings is 1. The third-order valence-corrected chi connectivity index (χ3v) is 3.92. The van der Waals surface area contributed by atoms with Crippen molar-refractivity contribution in [2.75, 3.05) is 30.3 Å². The van der Waals surface area contributed by atoms with Gasteiger partial charge in [0.15, 0.2) is 5.82 Å². The van der Waals surface area contributed by atoms with Gasteiger partial charge in [0.05, 0.1) is 6.61 Å². The van der Waals surface area contributed by atoms with E-state index in [-0.39, 0.29) is 12.1 Å². The Morgan fingerprint density at radius 3 is 2.72 bits per heavy atom.